The van der Waals surface area contributed by atoms with Crippen molar-refractivity contribution in [1.29, 1.82) is 0 Å². The number of rotatable bonds is 4. The monoisotopic (exact) mass is 350 g/mol. The highest BCUT2D eigenvalue weighted by Crippen LogP contribution is 2.40. The molecule has 6 heteroatoms. The van der Waals surface area contributed by atoms with E-state index in [0.717, 1.165) is 55.2 Å². The average molecular weight is 350 g/mol. The molecule has 2 aliphatic rings. The summed E-state index contributed by atoms with van der Waals surface area (Å²) < 4.78 is 5.12. The Morgan fingerprint density at radius 3 is 2.71 bits per heavy atom. The van der Waals surface area contributed by atoms with E-state index in [1.165, 1.54) is 11.3 Å². The molecule has 1 aromatic rings. The van der Waals surface area contributed by atoms with Crippen LogP contribution in [0.25, 0.3) is 0 Å². The van der Waals surface area contributed by atoms with Crippen molar-refractivity contribution < 1.29 is 14.3 Å². The van der Waals surface area contributed by atoms with Gasteiger partial charge in [0.05, 0.1) is 11.5 Å². The second kappa shape index (κ2) is 7.23. The number of carbonyl (C=O) groups excluding carboxylic acids is 2. The van der Waals surface area contributed by atoms with Crippen LogP contribution in [-0.2, 0) is 16.1 Å². The molecule has 0 bridgehead atoms. The van der Waals surface area contributed by atoms with Crippen LogP contribution in [-0.4, -0.2) is 54.9 Å². The Labute approximate surface area is 147 Å². The molecule has 1 spiro atoms. The van der Waals surface area contributed by atoms with E-state index in [1.807, 2.05) is 28.9 Å². The first kappa shape index (κ1) is 17.4. The van der Waals surface area contributed by atoms with Crippen LogP contribution in [0.15, 0.2) is 12.1 Å². The zero-order valence-electron chi connectivity index (χ0n) is 14.5. The van der Waals surface area contributed by atoms with Crippen molar-refractivity contribution in [3.8, 4) is 0 Å². The minimum atomic E-state index is 0.136. The normalized spacial score (nSPS) is 20.7. The lowest BCUT2D eigenvalue weighted by Gasteiger charge is -2.47. The van der Waals surface area contributed by atoms with Gasteiger partial charge in [-0.15, -0.1) is 11.3 Å². The Kier molecular flexibility index (Phi) is 5.25. The van der Waals surface area contributed by atoms with E-state index in [-0.39, 0.29) is 17.2 Å². The highest BCUT2D eigenvalue weighted by Gasteiger charge is 2.41. The molecule has 1 aromatic heterocycles. The van der Waals surface area contributed by atoms with Crippen LogP contribution in [0, 0.1) is 5.41 Å². The van der Waals surface area contributed by atoms with Crippen LogP contribution in [0.5, 0.6) is 0 Å². The average Bonchev–Trinajstić information content (AvgIpc) is 3.06. The van der Waals surface area contributed by atoms with Gasteiger partial charge < -0.3 is 14.5 Å². The van der Waals surface area contributed by atoms with E-state index in [4.69, 9.17) is 4.74 Å². The SMILES string of the molecule is CCN1CC2(CCC1=O)CCN(C(=O)c1ccc(COC)s1)CC2. The van der Waals surface area contributed by atoms with Crippen molar-refractivity contribution in [1.82, 2.24) is 9.80 Å². The topological polar surface area (TPSA) is 49.9 Å². The molecule has 2 aliphatic heterocycles. The van der Waals surface area contributed by atoms with E-state index in [0.29, 0.717) is 13.0 Å². The van der Waals surface area contributed by atoms with Crippen LogP contribution in [0.1, 0.15) is 47.2 Å². The van der Waals surface area contributed by atoms with Gasteiger partial charge in [0.2, 0.25) is 5.91 Å². The number of carbonyl (C=O) groups is 2. The third-order valence-corrected chi connectivity index (χ3v) is 6.45. The second-order valence-electron chi connectivity index (χ2n) is 6.90. The predicted octanol–water partition coefficient (Wildman–Crippen LogP) is 2.76. The summed E-state index contributed by atoms with van der Waals surface area (Å²) in [5, 5.41) is 0. The van der Waals surface area contributed by atoms with Gasteiger partial charge in [0, 0.05) is 44.6 Å². The van der Waals surface area contributed by atoms with Gasteiger partial charge in [-0.05, 0) is 43.7 Å². The van der Waals surface area contributed by atoms with Crippen LogP contribution in [0.4, 0.5) is 0 Å². The number of piperidine rings is 2. The lowest BCUT2D eigenvalue weighted by molar-refractivity contribution is -0.138. The molecule has 5 nitrogen and oxygen atoms in total. The van der Waals surface area contributed by atoms with Gasteiger partial charge in [-0.1, -0.05) is 0 Å². The maximum absolute atomic E-state index is 12.7. The Bertz CT molecular complexity index is 605. The molecule has 0 aliphatic carbocycles. The van der Waals surface area contributed by atoms with E-state index in [1.54, 1.807) is 7.11 Å². The van der Waals surface area contributed by atoms with Crippen LogP contribution in [0.2, 0.25) is 0 Å². The fraction of sp³-hybridized carbons (Fsp3) is 0.667. The van der Waals surface area contributed by atoms with Gasteiger partial charge in [0.15, 0.2) is 0 Å². The van der Waals surface area contributed by atoms with Gasteiger partial charge in [0.1, 0.15) is 0 Å². The maximum atomic E-state index is 12.7. The van der Waals surface area contributed by atoms with Crippen LogP contribution < -0.4 is 0 Å². The fourth-order valence-corrected chi connectivity index (χ4v) is 4.80. The first-order chi connectivity index (χ1) is 11.6. The minimum Gasteiger partial charge on any atom is -0.379 e. The zero-order chi connectivity index (χ0) is 17.2. The molecule has 132 valence electrons. The quantitative estimate of drug-likeness (QED) is 0.839. The summed E-state index contributed by atoms with van der Waals surface area (Å²) in [6, 6.07) is 3.88. The molecule has 0 aromatic carbocycles. The van der Waals surface area contributed by atoms with Crippen molar-refractivity contribution in [2.24, 2.45) is 5.41 Å². The van der Waals surface area contributed by atoms with Crippen LogP contribution >= 0.6 is 11.3 Å². The Hall–Kier alpha value is -1.40. The smallest absolute Gasteiger partial charge is 0.263 e. The first-order valence-electron chi connectivity index (χ1n) is 8.71. The summed E-state index contributed by atoms with van der Waals surface area (Å²) in [5.74, 6) is 0.419. The number of amides is 2. The summed E-state index contributed by atoms with van der Waals surface area (Å²) in [6.07, 6.45) is 3.63. The number of hydrogen-bond acceptors (Lipinski definition) is 4. The van der Waals surface area contributed by atoms with Gasteiger partial charge >= 0.3 is 0 Å². The number of thiophene rings is 1. The van der Waals surface area contributed by atoms with Gasteiger partial charge in [-0.2, -0.15) is 0 Å². The van der Waals surface area contributed by atoms with Crippen molar-refractivity contribution in [2.75, 3.05) is 33.3 Å². The molecule has 0 N–H and O–H groups in total. The van der Waals surface area contributed by atoms with E-state index in [2.05, 4.69) is 0 Å². The van der Waals surface area contributed by atoms with Crippen LogP contribution in [0.3, 0.4) is 0 Å². The molecule has 0 unspecified atom stereocenters. The minimum absolute atomic E-state index is 0.136. The summed E-state index contributed by atoms with van der Waals surface area (Å²) >= 11 is 1.52. The summed E-state index contributed by atoms with van der Waals surface area (Å²) in [5.41, 5.74) is 0.220. The molecule has 2 amide bonds. The molecular formula is C18H26N2O3S. The van der Waals surface area contributed by atoms with Gasteiger partial charge in [-0.3, -0.25) is 9.59 Å². The van der Waals surface area contributed by atoms with Crippen molar-refractivity contribution in [3.63, 3.8) is 0 Å². The van der Waals surface area contributed by atoms with Gasteiger partial charge in [-0.25, -0.2) is 0 Å². The number of likely N-dealkylation sites (tertiary alicyclic amines) is 2. The molecule has 0 saturated carbocycles. The number of methoxy groups -OCH3 is 1. The van der Waals surface area contributed by atoms with Crippen molar-refractivity contribution >= 4 is 23.2 Å². The molecular weight excluding hydrogens is 324 g/mol. The maximum Gasteiger partial charge on any atom is 0.263 e. The third kappa shape index (κ3) is 3.49. The number of nitrogens with zero attached hydrogens (tertiary/aromatic N) is 2. The molecule has 3 heterocycles. The number of hydrogen-bond donors (Lipinski definition) is 0. The first-order valence-corrected chi connectivity index (χ1v) is 9.53. The van der Waals surface area contributed by atoms with E-state index in [9.17, 15) is 9.59 Å². The predicted molar refractivity (Wildman–Crippen MR) is 94.1 cm³/mol. The lowest BCUT2D eigenvalue weighted by atomic mass is 9.72. The highest BCUT2D eigenvalue weighted by molar-refractivity contribution is 7.14. The summed E-state index contributed by atoms with van der Waals surface area (Å²) in [4.78, 5) is 30.4. The number of ether oxygens (including phenoxy) is 1. The van der Waals surface area contributed by atoms with Crippen molar-refractivity contribution in [3.05, 3.63) is 21.9 Å². The van der Waals surface area contributed by atoms with Crippen molar-refractivity contribution in [2.45, 2.75) is 39.2 Å². The second-order valence-corrected chi connectivity index (χ2v) is 8.07. The highest BCUT2D eigenvalue weighted by atomic mass is 32.1. The molecule has 0 radical (unpaired) electrons. The van der Waals surface area contributed by atoms with E-state index < -0.39 is 0 Å². The molecule has 2 fully saturated rings. The molecule has 2 saturated heterocycles. The standard InChI is InChI=1S/C18H26N2O3S/c1-3-19-13-18(7-6-16(19)21)8-10-20(11-9-18)17(22)15-5-4-14(24-15)12-23-2/h4-5H,3,6-13H2,1-2H3. The summed E-state index contributed by atoms with van der Waals surface area (Å²) in [7, 11) is 1.67. The molecule has 24 heavy (non-hydrogen) atoms. The fourth-order valence-electron chi connectivity index (χ4n) is 3.85. The Balaban J connectivity index is 1.60. The lowest BCUT2D eigenvalue weighted by Crippen LogP contribution is -2.52. The Morgan fingerprint density at radius 2 is 2.04 bits per heavy atom. The third-order valence-electron chi connectivity index (χ3n) is 5.40. The summed E-state index contributed by atoms with van der Waals surface area (Å²) in [6.45, 7) is 5.85. The van der Waals surface area contributed by atoms with E-state index >= 15 is 0 Å². The molecule has 0 atom stereocenters. The largest absolute Gasteiger partial charge is 0.379 e. The molecule has 3 rings (SSSR count). The Morgan fingerprint density at radius 1 is 1.29 bits per heavy atom. The zero-order valence-corrected chi connectivity index (χ0v) is 15.4. The van der Waals surface area contributed by atoms with Gasteiger partial charge in [0.25, 0.3) is 5.91 Å².